The number of sulfonamides is 1. The molecule has 1 aliphatic rings. The number of rotatable bonds is 3. The summed E-state index contributed by atoms with van der Waals surface area (Å²) in [4.78, 5) is 0. The molecule has 112 valence electrons. The van der Waals surface area contributed by atoms with E-state index in [-0.39, 0.29) is 0 Å². The number of nitrogens with one attached hydrogen (secondary N) is 1. The largest absolute Gasteiger partial charge is 0.279 e. The average Bonchev–Trinajstić information content (AvgIpc) is 2.80. The van der Waals surface area contributed by atoms with E-state index in [4.69, 9.17) is 0 Å². The number of fused-ring (bicyclic) bond motifs is 1. The van der Waals surface area contributed by atoms with Gasteiger partial charge in [-0.15, -0.1) is 11.3 Å². The van der Waals surface area contributed by atoms with Crippen molar-refractivity contribution in [2.45, 2.75) is 36.8 Å². The van der Waals surface area contributed by atoms with Crippen LogP contribution < -0.4 is 4.72 Å². The molecule has 21 heavy (non-hydrogen) atoms. The van der Waals surface area contributed by atoms with Crippen LogP contribution in [-0.4, -0.2) is 8.42 Å². The van der Waals surface area contributed by atoms with Gasteiger partial charge in [-0.2, -0.15) is 0 Å². The Labute approximate surface area is 137 Å². The van der Waals surface area contributed by atoms with Crippen LogP contribution in [0.2, 0.25) is 0 Å². The van der Waals surface area contributed by atoms with Gasteiger partial charge in [-0.05, 0) is 77.4 Å². The minimum Gasteiger partial charge on any atom is -0.279 e. The highest BCUT2D eigenvalue weighted by Crippen LogP contribution is 2.33. The molecule has 2 aromatic rings. The quantitative estimate of drug-likeness (QED) is 0.845. The number of hydrogen-bond acceptors (Lipinski definition) is 3. The molecule has 0 unspecified atom stereocenters. The Morgan fingerprint density at radius 3 is 2.71 bits per heavy atom. The van der Waals surface area contributed by atoms with Crippen molar-refractivity contribution >= 4 is 43.0 Å². The molecule has 0 saturated carbocycles. The number of benzene rings is 1. The van der Waals surface area contributed by atoms with Gasteiger partial charge in [-0.3, -0.25) is 4.72 Å². The second kappa shape index (κ2) is 5.74. The molecule has 3 rings (SSSR count). The first kappa shape index (κ1) is 15.1. The lowest BCUT2D eigenvalue weighted by Crippen LogP contribution is -2.15. The molecule has 1 aromatic heterocycles. The molecule has 0 spiro atoms. The van der Waals surface area contributed by atoms with Crippen molar-refractivity contribution in [3.05, 3.63) is 44.7 Å². The number of halogens is 1. The maximum Gasteiger partial charge on any atom is 0.271 e. The molecule has 0 fully saturated rings. The molecule has 1 N–H and O–H groups in total. The maximum absolute atomic E-state index is 12.5. The van der Waals surface area contributed by atoms with E-state index in [2.05, 4.69) is 26.7 Å². The molecule has 0 amide bonds. The van der Waals surface area contributed by atoms with E-state index in [1.807, 2.05) is 19.1 Å². The molecule has 0 saturated heterocycles. The molecule has 1 heterocycles. The van der Waals surface area contributed by atoms with E-state index in [0.29, 0.717) is 4.21 Å². The van der Waals surface area contributed by atoms with Crippen LogP contribution in [0, 0.1) is 6.92 Å². The number of thiophene rings is 1. The van der Waals surface area contributed by atoms with Gasteiger partial charge < -0.3 is 0 Å². The van der Waals surface area contributed by atoms with Crippen LogP contribution in [-0.2, 0) is 22.9 Å². The second-order valence-electron chi connectivity index (χ2n) is 5.28. The van der Waals surface area contributed by atoms with Crippen LogP contribution in [0.15, 0.2) is 32.3 Å². The number of hydrogen-bond donors (Lipinski definition) is 1. The lowest BCUT2D eigenvalue weighted by atomic mass is 9.91. The van der Waals surface area contributed by atoms with Crippen LogP contribution in [0.1, 0.15) is 29.5 Å². The lowest BCUT2D eigenvalue weighted by molar-refractivity contribution is 0.603. The zero-order valence-corrected chi connectivity index (χ0v) is 14.9. The fraction of sp³-hybridized carbons (Fsp3) is 0.333. The summed E-state index contributed by atoms with van der Waals surface area (Å²) in [5.74, 6) is 0. The molecular formula is C15H16BrNO2S2. The fourth-order valence-corrected chi connectivity index (χ4v) is 5.95. The highest BCUT2D eigenvalue weighted by molar-refractivity contribution is 9.11. The molecule has 1 aliphatic carbocycles. The smallest absolute Gasteiger partial charge is 0.271 e. The van der Waals surface area contributed by atoms with Crippen molar-refractivity contribution < 1.29 is 8.42 Å². The first-order chi connectivity index (χ1) is 9.97. The van der Waals surface area contributed by atoms with Crippen LogP contribution in [0.5, 0.6) is 0 Å². The molecule has 1 aromatic carbocycles. The topological polar surface area (TPSA) is 46.2 Å². The predicted octanol–water partition coefficient (Wildman–Crippen LogP) is 4.50. The van der Waals surface area contributed by atoms with E-state index in [1.165, 1.54) is 23.3 Å². The fourth-order valence-electron chi connectivity index (χ4n) is 2.64. The van der Waals surface area contributed by atoms with Gasteiger partial charge in [0.2, 0.25) is 0 Å². The summed E-state index contributed by atoms with van der Waals surface area (Å²) in [5.41, 5.74) is 4.09. The van der Waals surface area contributed by atoms with E-state index in [1.54, 1.807) is 6.07 Å². The van der Waals surface area contributed by atoms with Crippen molar-refractivity contribution in [3.8, 4) is 0 Å². The number of anilines is 1. The normalized spacial score (nSPS) is 14.8. The molecule has 0 atom stereocenters. The van der Waals surface area contributed by atoms with Gasteiger partial charge in [-0.1, -0.05) is 12.1 Å². The van der Waals surface area contributed by atoms with Crippen LogP contribution in [0.4, 0.5) is 5.69 Å². The Hall–Kier alpha value is -0.850. The summed E-state index contributed by atoms with van der Waals surface area (Å²) in [6.07, 6.45) is 4.28. The van der Waals surface area contributed by atoms with Crippen molar-refractivity contribution in [1.29, 1.82) is 0 Å². The monoisotopic (exact) mass is 385 g/mol. The highest BCUT2D eigenvalue weighted by Gasteiger charge is 2.21. The van der Waals surface area contributed by atoms with Gasteiger partial charge in [-0.25, -0.2) is 8.42 Å². The summed E-state index contributed by atoms with van der Waals surface area (Å²) >= 11 is 4.62. The van der Waals surface area contributed by atoms with E-state index >= 15 is 0 Å². The van der Waals surface area contributed by atoms with Gasteiger partial charge in [0.05, 0.1) is 9.47 Å². The molecule has 0 aliphatic heterocycles. The summed E-state index contributed by atoms with van der Waals surface area (Å²) in [5, 5.41) is 0. The van der Waals surface area contributed by atoms with Gasteiger partial charge >= 0.3 is 0 Å². The van der Waals surface area contributed by atoms with Crippen molar-refractivity contribution in [2.24, 2.45) is 0 Å². The molecule has 6 heteroatoms. The Morgan fingerprint density at radius 2 is 2.00 bits per heavy atom. The predicted molar refractivity (Wildman–Crippen MR) is 90.6 cm³/mol. The van der Waals surface area contributed by atoms with Gasteiger partial charge in [0.1, 0.15) is 4.21 Å². The van der Waals surface area contributed by atoms with E-state index < -0.39 is 10.0 Å². The zero-order valence-electron chi connectivity index (χ0n) is 11.6. The molecule has 0 radical (unpaired) electrons. The second-order valence-corrected chi connectivity index (χ2v) is 9.56. The Kier molecular flexibility index (Phi) is 4.12. The van der Waals surface area contributed by atoms with Crippen molar-refractivity contribution in [3.63, 3.8) is 0 Å². The minimum absolute atomic E-state index is 0.347. The van der Waals surface area contributed by atoms with Gasteiger partial charge in [0.25, 0.3) is 10.0 Å². The van der Waals surface area contributed by atoms with Crippen molar-refractivity contribution in [2.75, 3.05) is 4.72 Å². The Balaban J connectivity index is 1.96. The van der Waals surface area contributed by atoms with Gasteiger partial charge in [0.15, 0.2) is 0 Å². The third-order valence-electron chi connectivity index (χ3n) is 3.74. The number of aryl methyl sites for hydroxylation is 2. The zero-order chi connectivity index (χ0) is 15.0. The third kappa shape index (κ3) is 3.03. The first-order valence-electron chi connectivity index (χ1n) is 6.87. The third-order valence-corrected chi connectivity index (χ3v) is 7.72. The SMILES string of the molecule is Cc1cc(S(=O)(=O)Nc2cccc3c2CCCC3)sc1Br. The van der Waals surface area contributed by atoms with Gasteiger partial charge in [0, 0.05) is 0 Å². The average molecular weight is 386 g/mol. The Morgan fingerprint density at radius 1 is 1.24 bits per heavy atom. The highest BCUT2D eigenvalue weighted by atomic mass is 79.9. The van der Waals surface area contributed by atoms with Crippen LogP contribution >= 0.6 is 27.3 Å². The van der Waals surface area contributed by atoms with E-state index in [9.17, 15) is 8.42 Å². The summed E-state index contributed by atoms with van der Waals surface area (Å²) in [6, 6.07) is 7.58. The van der Waals surface area contributed by atoms with E-state index in [0.717, 1.165) is 39.9 Å². The first-order valence-corrected chi connectivity index (χ1v) is 9.96. The lowest BCUT2D eigenvalue weighted by Gasteiger charge is -2.19. The van der Waals surface area contributed by atoms with Crippen LogP contribution in [0.3, 0.4) is 0 Å². The summed E-state index contributed by atoms with van der Waals surface area (Å²) in [7, 11) is -3.51. The minimum atomic E-state index is -3.51. The summed E-state index contributed by atoms with van der Waals surface area (Å²) in [6.45, 7) is 1.89. The standard InChI is InChI=1S/C15H16BrNO2S2/c1-10-9-14(20-15(10)16)21(18,19)17-13-8-4-6-11-5-2-3-7-12(11)13/h4,6,8-9,17H,2-3,5,7H2,1H3. The molecular weight excluding hydrogens is 370 g/mol. The summed E-state index contributed by atoms with van der Waals surface area (Å²) < 4.78 is 29.0. The molecule has 3 nitrogen and oxygen atoms in total. The molecule has 0 bridgehead atoms. The van der Waals surface area contributed by atoms with Crippen molar-refractivity contribution in [1.82, 2.24) is 0 Å². The maximum atomic E-state index is 12.5. The van der Waals surface area contributed by atoms with Crippen LogP contribution in [0.25, 0.3) is 0 Å². The Bertz CT molecular complexity index is 761.